The predicted molar refractivity (Wildman–Crippen MR) is 92.8 cm³/mol. The Balaban J connectivity index is 1.45. The molecule has 0 spiro atoms. The predicted octanol–water partition coefficient (Wildman–Crippen LogP) is 1.96. The van der Waals surface area contributed by atoms with Crippen molar-refractivity contribution in [3.05, 3.63) is 29.8 Å². The third kappa shape index (κ3) is 4.72. The molecule has 0 bridgehead atoms. The van der Waals surface area contributed by atoms with E-state index in [1.165, 1.54) is 5.56 Å². The number of fused-ring (bicyclic) bond motifs is 1. The van der Waals surface area contributed by atoms with Crippen LogP contribution >= 0.6 is 0 Å². The highest BCUT2D eigenvalue weighted by atomic mass is 32.2. The van der Waals surface area contributed by atoms with Gasteiger partial charge in [0.25, 0.3) is 0 Å². The van der Waals surface area contributed by atoms with E-state index < -0.39 is 9.84 Å². The van der Waals surface area contributed by atoms with Crippen molar-refractivity contribution in [3.63, 3.8) is 0 Å². The summed E-state index contributed by atoms with van der Waals surface area (Å²) >= 11 is 0. The second-order valence-corrected chi connectivity index (χ2v) is 9.22. The largest absolute Gasteiger partial charge is 0.493 e. The number of carbonyl (C=O) groups excluding carboxylic acids is 1. The molecule has 1 aromatic rings. The smallest absolute Gasteiger partial charge is 0.220 e. The van der Waals surface area contributed by atoms with Gasteiger partial charge in [0, 0.05) is 13.0 Å². The molecule has 0 aromatic heterocycles. The van der Waals surface area contributed by atoms with Crippen molar-refractivity contribution >= 4 is 15.7 Å². The minimum atomic E-state index is -2.86. The van der Waals surface area contributed by atoms with E-state index in [1.807, 2.05) is 18.2 Å². The summed E-state index contributed by atoms with van der Waals surface area (Å²) in [7, 11) is -2.86. The molecule has 2 aliphatic heterocycles. The zero-order valence-electron chi connectivity index (χ0n) is 13.9. The Bertz CT molecular complexity index is 672. The van der Waals surface area contributed by atoms with Crippen LogP contribution in [-0.2, 0) is 21.1 Å². The van der Waals surface area contributed by atoms with Crippen LogP contribution in [0.1, 0.15) is 31.2 Å². The van der Waals surface area contributed by atoms with Crippen LogP contribution in [0.25, 0.3) is 0 Å². The summed E-state index contributed by atoms with van der Waals surface area (Å²) < 4.78 is 28.6. The van der Waals surface area contributed by atoms with E-state index in [0.717, 1.165) is 18.6 Å². The number of hydrogen-bond acceptors (Lipinski definition) is 4. The summed E-state index contributed by atoms with van der Waals surface area (Å²) in [6.45, 7) is 1.33. The Kier molecular flexibility index (Phi) is 5.43. The van der Waals surface area contributed by atoms with E-state index in [1.54, 1.807) is 0 Å². The average Bonchev–Trinajstić information content (AvgIpc) is 2.77. The maximum Gasteiger partial charge on any atom is 0.220 e. The van der Waals surface area contributed by atoms with Crippen LogP contribution in [0.5, 0.6) is 5.75 Å². The molecule has 0 saturated carbocycles. The van der Waals surface area contributed by atoms with Crippen molar-refractivity contribution in [2.45, 2.75) is 32.1 Å². The second kappa shape index (κ2) is 7.55. The Morgan fingerprint density at radius 1 is 1.12 bits per heavy atom. The normalized spacial score (nSPS) is 23.6. The zero-order valence-corrected chi connectivity index (χ0v) is 14.7. The average molecular weight is 351 g/mol. The molecule has 1 saturated heterocycles. The maximum atomic E-state index is 12.2. The molecule has 1 N–H and O–H groups in total. The summed E-state index contributed by atoms with van der Waals surface area (Å²) in [6, 6.07) is 8.07. The minimum Gasteiger partial charge on any atom is -0.493 e. The molecule has 5 nitrogen and oxygen atoms in total. The van der Waals surface area contributed by atoms with Gasteiger partial charge in [-0.3, -0.25) is 4.79 Å². The highest BCUT2D eigenvalue weighted by molar-refractivity contribution is 7.91. The molecular formula is C18H25NO4S. The Hall–Kier alpha value is -1.56. The second-order valence-electron chi connectivity index (χ2n) is 6.92. The van der Waals surface area contributed by atoms with E-state index >= 15 is 0 Å². The number of hydrogen-bond donors (Lipinski definition) is 1. The molecule has 132 valence electrons. The third-order valence-corrected chi connectivity index (χ3v) is 6.72. The molecule has 1 aromatic carbocycles. The van der Waals surface area contributed by atoms with Gasteiger partial charge in [-0.1, -0.05) is 18.2 Å². The summed E-state index contributed by atoms with van der Waals surface area (Å²) in [6.07, 6.45) is 3.50. The Morgan fingerprint density at radius 3 is 2.67 bits per heavy atom. The van der Waals surface area contributed by atoms with Gasteiger partial charge >= 0.3 is 0 Å². The Labute approximate surface area is 143 Å². The lowest BCUT2D eigenvalue weighted by Gasteiger charge is -2.22. The van der Waals surface area contributed by atoms with Crippen LogP contribution in [0, 0.1) is 11.8 Å². The first-order valence-corrected chi connectivity index (χ1v) is 10.5. The SMILES string of the molecule is O=C(CC1CCS(=O)(=O)CC1)NC[C@H]1CCOc2ccccc2C1. The van der Waals surface area contributed by atoms with Gasteiger partial charge in [0.15, 0.2) is 0 Å². The fraction of sp³-hybridized carbons (Fsp3) is 0.611. The molecule has 0 radical (unpaired) electrons. The van der Waals surface area contributed by atoms with Gasteiger partial charge in [0.1, 0.15) is 15.6 Å². The fourth-order valence-electron chi connectivity index (χ4n) is 3.47. The summed E-state index contributed by atoms with van der Waals surface area (Å²) in [4.78, 5) is 12.2. The molecule has 1 amide bonds. The molecule has 1 fully saturated rings. The summed E-state index contributed by atoms with van der Waals surface area (Å²) in [5, 5.41) is 3.04. The molecule has 0 unspecified atom stereocenters. The molecule has 2 aliphatic rings. The number of benzene rings is 1. The lowest BCUT2D eigenvalue weighted by molar-refractivity contribution is -0.122. The van der Waals surface area contributed by atoms with Gasteiger partial charge in [-0.15, -0.1) is 0 Å². The van der Waals surface area contributed by atoms with E-state index in [4.69, 9.17) is 4.74 Å². The quantitative estimate of drug-likeness (QED) is 0.900. The fourth-order valence-corrected chi connectivity index (χ4v) is 5.06. The molecule has 1 atom stereocenters. The van der Waals surface area contributed by atoms with Gasteiger partial charge in [0.2, 0.25) is 5.91 Å². The first-order chi connectivity index (χ1) is 11.5. The van der Waals surface area contributed by atoms with Crippen molar-refractivity contribution < 1.29 is 17.9 Å². The van der Waals surface area contributed by atoms with Crippen LogP contribution in [-0.4, -0.2) is 39.0 Å². The molecule has 6 heteroatoms. The summed E-state index contributed by atoms with van der Waals surface area (Å²) in [5.74, 6) is 2.02. The number of nitrogens with one attached hydrogen (secondary N) is 1. The van der Waals surface area contributed by atoms with Crippen molar-refractivity contribution in [1.82, 2.24) is 5.32 Å². The number of carbonyl (C=O) groups is 1. The van der Waals surface area contributed by atoms with Gasteiger partial charge in [-0.2, -0.15) is 0 Å². The van der Waals surface area contributed by atoms with E-state index in [-0.39, 0.29) is 23.3 Å². The first kappa shape index (κ1) is 17.3. The van der Waals surface area contributed by atoms with E-state index in [9.17, 15) is 13.2 Å². The highest BCUT2D eigenvalue weighted by Gasteiger charge is 2.25. The molecule has 3 rings (SSSR count). The highest BCUT2D eigenvalue weighted by Crippen LogP contribution is 2.26. The minimum absolute atomic E-state index is 0.0396. The van der Waals surface area contributed by atoms with Gasteiger partial charge in [0.05, 0.1) is 18.1 Å². The maximum absolute atomic E-state index is 12.2. The summed E-state index contributed by atoms with van der Waals surface area (Å²) in [5.41, 5.74) is 1.20. The number of rotatable bonds is 4. The van der Waals surface area contributed by atoms with Crippen LogP contribution < -0.4 is 10.1 Å². The Morgan fingerprint density at radius 2 is 1.88 bits per heavy atom. The van der Waals surface area contributed by atoms with Gasteiger partial charge in [-0.25, -0.2) is 8.42 Å². The zero-order chi connectivity index (χ0) is 17.0. The van der Waals surface area contributed by atoms with E-state index in [0.29, 0.717) is 38.3 Å². The standard InChI is InChI=1S/C18H25NO4S/c20-18(12-14-6-9-24(21,22)10-7-14)19-13-15-5-8-23-17-4-2-1-3-16(17)11-15/h1-4,14-15H,5-13H2,(H,19,20)/t15-/m0/s1. The number of ether oxygens (including phenoxy) is 1. The van der Waals surface area contributed by atoms with Gasteiger partial charge < -0.3 is 10.1 Å². The topological polar surface area (TPSA) is 72.5 Å². The molecule has 2 heterocycles. The van der Waals surface area contributed by atoms with Crippen molar-refractivity contribution in [1.29, 1.82) is 0 Å². The number of amides is 1. The van der Waals surface area contributed by atoms with Crippen LogP contribution in [0.4, 0.5) is 0 Å². The van der Waals surface area contributed by atoms with Crippen molar-refractivity contribution in [2.75, 3.05) is 24.7 Å². The van der Waals surface area contributed by atoms with Crippen LogP contribution in [0.2, 0.25) is 0 Å². The first-order valence-electron chi connectivity index (χ1n) is 8.70. The lowest BCUT2D eigenvalue weighted by Crippen LogP contribution is -2.33. The number of para-hydroxylation sites is 1. The van der Waals surface area contributed by atoms with Crippen molar-refractivity contribution in [2.24, 2.45) is 11.8 Å². The van der Waals surface area contributed by atoms with Crippen LogP contribution in [0.15, 0.2) is 24.3 Å². The molecule has 0 aliphatic carbocycles. The van der Waals surface area contributed by atoms with E-state index in [2.05, 4.69) is 11.4 Å². The lowest BCUT2D eigenvalue weighted by atomic mass is 9.96. The third-order valence-electron chi connectivity index (χ3n) is 5.00. The number of sulfone groups is 1. The van der Waals surface area contributed by atoms with Crippen LogP contribution in [0.3, 0.4) is 0 Å². The molecule has 24 heavy (non-hydrogen) atoms. The van der Waals surface area contributed by atoms with Crippen molar-refractivity contribution in [3.8, 4) is 5.75 Å². The van der Waals surface area contributed by atoms with Gasteiger partial charge in [-0.05, 0) is 49.1 Å². The monoisotopic (exact) mass is 351 g/mol. The molecular weight excluding hydrogens is 326 g/mol.